The molecule has 19 heavy (non-hydrogen) atoms. The van der Waals surface area contributed by atoms with E-state index in [9.17, 15) is 23.1 Å². The first kappa shape index (κ1) is 15.9. The molecule has 1 amide bonds. The standard InChI is InChI=1S/C12H21NO5S/c1-19(17,18)8-5-10(14)13-9-12(11(15)16)6-3-2-4-7-12/h2-9H2,1H3,(H,13,14)(H,15,16). The van der Waals surface area contributed by atoms with Crippen LogP contribution in [0.15, 0.2) is 0 Å². The van der Waals surface area contributed by atoms with E-state index < -0.39 is 27.1 Å². The molecule has 1 fully saturated rings. The molecule has 0 spiro atoms. The molecule has 1 rings (SSSR count). The summed E-state index contributed by atoms with van der Waals surface area (Å²) >= 11 is 0. The molecule has 0 aromatic heterocycles. The highest BCUT2D eigenvalue weighted by Crippen LogP contribution is 2.35. The Labute approximate surface area is 113 Å². The molecule has 7 heteroatoms. The molecule has 1 saturated carbocycles. The molecule has 0 bridgehead atoms. The molecule has 1 aliphatic rings. The zero-order valence-electron chi connectivity index (χ0n) is 11.1. The molecule has 0 unspecified atom stereocenters. The summed E-state index contributed by atoms with van der Waals surface area (Å²) in [5.74, 6) is -1.49. The quantitative estimate of drug-likeness (QED) is 0.745. The van der Waals surface area contributed by atoms with Crippen molar-refractivity contribution < 1.29 is 23.1 Å². The fourth-order valence-corrected chi connectivity index (χ4v) is 2.89. The van der Waals surface area contributed by atoms with E-state index >= 15 is 0 Å². The molecule has 0 heterocycles. The molecule has 0 saturated heterocycles. The highest BCUT2D eigenvalue weighted by atomic mass is 32.2. The van der Waals surface area contributed by atoms with Crippen LogP contribution in [0.5, 0.6) is 0 Å². The van der Waals surface area contributed by atoms with E-state index in [0.717, 1.165) is 25.5 Å². The van der Waals surface area contributed by atoms with Crippen molar-refractivity contribution in [3.05, 3.63) is 0 Å². The minimum absolute atomic E-state index is 0.0882. The van der Waals surface area contributed by atoms with E-state index in [1.54, 1.807) is 0 Å². The first-order valence-corrected chi connectivity index (χ1v) is 8.49. The van der Waals surface area contributed by atoms with E-state index in [4.69, 9.17) is 0 Å². The fraction of sp³-hybridized carbons (Fsp3) is 0.833. The normalized spacial score (nSPS) is 18.8. The summed E-state index contributed by atoms with van der Waals surface area (Å²) in [6.45, 7) is 0.0882. The summed E-state index contributed by atoms with van der Waals surface area (Å²) in [7, 11) is -3.17. The van der Waals surface area contributed by atoms with Gasteiger partial charge in [-0.15, -0.1) is 0 Å². The van der Waals surface area contributed by atoms with Gasteiger partial charge in [0.05, 0.1) is 11.2 Å². The lowest BCUT2D eigenvalue weighted by molar-refractivity contribution is -0.151. The Kier molecular flexibility index (Phi) is 5.34. The van der Waals surface area contributed by atoms with Gasteiger partial charge in [-0.2, -0.15) is 0 Å². The Hall–Kier alpha value is -1.11. The lowest BCUT2D eigenvalue weighted by atomic mass is 9.74. The lowest BCUT2D eigenvalue weighted by Gasteiger charge is -2.33. The van der Waals surface area contributed by atoms with Crippen molar-refractivity contribution >= 4 is 21.7 Å². The predicted octanol–water partition coefficient (Wildman–Crippen LogP) is 0.572. The van der Waals surface area contributed by atoms with Gasteiger partial charge in [0.1, 0.15) is 9.84 Å². The number of sulfone groups is 1. The first-order chi connectivity index (χ1) is 8.75. The van der Waals surface area contributed by atoms with Crippen LogP contribution in [0, 0.1) is 5.41 Å². The number of hydrogen-bond donors (Lipinski definition) is 2. The molecule has 0 radical (unpaired) electrons. The number of carboxylic acids is 1. The van der Waals surface area contributed by atoms with Crippen LogP contribution >= 0.6 is 0 Å². The molecule has 0 aromatic rings. The Morgan fingerprint density at radius 2 is 1.79 bits per heavy atom. The van der Waals surface area contributed by atoms with Crippen LogP contribution < -0.4 is 5.32 Å². The number of amides is 1. The van der Waals surface area contributed by atoms with Gasteiger partial charge in [0.2, 0.25) is 5.91 Å². The average Bonchev–Trinajstić information content (AvgIpc) is 2.34. The molecule has 0 aliphatic heterocycles. The van der Waals surface area contributed by atoms with E-state index in [1.807, 2.05) is 0 Å². The molecule has 0 aromatic carbocycles. The third-order valence-electron chi connectivity index (χ3n) is 3.59. The number of carbonyl (C=O) groups is 2. The van der Waals surface area contributed by atoms with Crippen molar-refractivity contribution in [2.24, 2.45) is 5.41 Å². The summed E-state index contributed by atoms with van der Waals surface area (Å²) in [5.41, 5.74) is -0.876. The van der Waals surface area contributed by atoms with E-state index in [1.165, 1.54) is 0 Å². The Morgan fingerprint density at radius 3 is 2.26 bits per heavy atom. The molecular weight excluding hydrogens is 270 g/mol. The van der Waals surface area contributed by atoms with Crippen LogP contribution in [-0.4, -0.2) is 44.0 Å². The van der Waals surface area contributed by atoms with Crippen molar-refractivity contribution in [3.63, 3.8) is 0 Å². The molecule has 6 nitrogen and oxygen atoms in total. The molecule has 1 aliphatic carbocycles. The van der Waals surface area contributed by atoms with Gasteiger partial charge >= 0.3 is 5.97 Å². The second-order valence-electron chi connectivity index (χ2n) is 5.30. The first-order valence-electron chi connectivity index (χ1n) is 6.43. The highest BCUT2D eigenvalue weighted by Gasteiger charge is 2.39. The van der Waals surface area contributed by atoms with Gasteiger partial charge in [-0.05, 0) is 12.8 Å². The van der Waals surface area contributed by atoms with Crippen molar-refractivity contribution in [3.8, 4) is 0 Å². The second kappa shape index (κ2) is 6.36. The van der Waals surface area contributed by atoms with E-state index in [0.29, 0.717) is 12.8 Å². The van der Waals surface area contributed by atoms with Gasteiger partial charge in [0.15, 0.2) is 0 Å². The minimum atomic E-state index is -3.17. The van der Waals surface area contributed by atoms with E-state index in [-0.39, 0.29) is 18.7 Å². The Balaban J connectivity index is 2.48. The van der Waals surface area contributed by atoms with Crippen LogP contribution in [0.2, 0.25) is 0 Å². The van der Waals surface area contributed by atoms with Crippen LogP contribution in [-0.2, 0) is 19.4 Å². The predicted molar refractivity (Wildman–Crippen MR) is 70.5 cm³/mol. The Morgan fingerprint density at radius 1 is 1.21 bits per heavy atom. The number of aliphatic carboxylic acids is 1. The highest BCUT2D eigenvalue weighted by molar-refractivity contribution is 7.90. The van der Waals surface area contributed by atoms with Crippen molar-refractivity contribution in [2.75, 3.05) is 18.6 Å². The Bertz CT molecular complexity index is 437. The summed E-state index contributed by atoms with van der Waals surface area (Å²) in [4.78, 5) is 22.9. The molecule has 2 N–H and O–H groups in total. The van der Waals surface area contributed by atoms with Crippen LogP contribution in [0.25, 0.3) is 0 Å². The van der Waals surface area contributed by atoms with Gasteiger partial charge in [-0.1, -0.05) is 19.3 Å². The summed E-state index contributed by atoms with van der Waals surface area (Å²) < 4.78 is 21.9. The number of rotatable bonds is 6. The molecule has 0 atom stereocenters. The lowest BCUT2D eigenvalue weighted by Crippen LogP contribution is -2.44. The van der Waals surface area contributed by atoms with Crippen molar-refractivity contribution in [1.29, 1.82) is 0 Å². The van der Waals surface area contributed by atoms with Crippen LogP contribution in [0.3, 0.4) is 0 Å². The smallest absolute Gasteiger partial charge is 0.311 e. The minimum Gasteiger partial charge on any atom is -0.481 e. The summed E-state index contributed by atoms with van der Waals surface area (Å²) in [6.07, 6.45) is 4.81. The molecular formula is C12H21NO5S. The fourth-order valence-electron chi connectivity index (χ4n) is 2.33. The van der Waals surface area contributed by atoms with Crippen molar-refractivity contribution in [2.45, 2.75) is 38.5 Å². The number of carboxylic acid groups (broad SMARTS) is 1. The largest absolute Gasteiger partial charge is 0.481 e. The van der Waals surface area contributed by atoms with E-state index in [2.05, 4.69) is 5.32 Å². The maximum atomic E-state index is 11.5. The summed E-state index contributed by atoms with van der Waals surface area (Å²) in [5, 5.41) is 11.9. The maximum Gasteiger partial charge on any atom is 0.311 e. The van der Waals surface area contributed by atoms with Crippen molar-refractivity contribution in [1.82, 2.24) is 5.32 Å². The topological polar surface area (TPSA) is 101 Å². The second-order valence-corrected chi connectivity index (χ2v) is 7.56. The van der Waals surface area contributed by atoms with Gasteiger partial charge in [0, 0.05) is 19.2 Å². The van der Waals surface area contributed by atoms with Gasteiger partial charge in [0.25, 0.3) is 0 Å². The van der Waals surface area contributed by atoms with Crippen LogP contribution in [0.4, 0.5) is 0 Å². The monoisotopic (exact) mass is 291 g/mol. The number of hydrogen-bond acceptors (Lipinski definition) is 4. The van der Waals surface area contributed by atoms with Gasteiger partial charge in [-0.25, -0.2) is 8.42 Å². The maximum absolute atomic E-state index is 11.5. The van der Waals surface area contributed by atoms with Gasteiger partial charge in [-0.3, -0.25) is 9.59 Å². The summed E-state index contributed by atoms with van der Waals surface area (Å²) in [6, 6.07) is 0. The third-order valence-corrected chi connectivity index (χ3v) is 4.53. The number of nitrogens with one attached hydrogen (secondary N) is 1. The zero-order chi connectivity index (χ0) is 14.5. The third kappa shape index (κ3) is 5.18. The number of carbonyl (C=O) groups excluding carboxylic acids is 1. The molecule has 110 valence electrons. The zero-order valence-corrected chi connectivity index (χ0v) is 12.0. The SMILES string of the molecule is CS(=O)(=O)CCC(=O)NCC1(C(=O)O)CCCCC1. The average molecular weight is 291 g/mol. The van der Waals surface area contributed by atoms with Crippen LogP contribution in [0.1, 0.15) is 38.5 Å². The van der Waals surface area contributed by atoms with Gasteiger partial charge < -0.3 is 10.4 Å².